The van der Waals surface area contributed by atoms with Gasteiger partial charge in [-0.2, -0.15) is 0 Å². The summed E-state index contributed by atoms with van der Waals surface area (Å²) in [5, 5.41) is 14.1. The van der Waals surface area contributed by atoms with Crippen LogP contribution in [-0.4, -0.2) is 60.0 Å². The van der Waals surface area contributed by atoms with Gasteiger partial charge in [-0.15, -0.1) is 0 Å². The normalized spacial score (nSPS) is 19.2. The summed E-state index contributed by atoms with van der Waals surface area (Å²) in [6, 6.07) is 1.66. The standard InChI is InChI=1S/C13H17N5O3/c19-13(10-7-15-8-10)17-5-3-16(4-6-17)11-1-2-14-9-12(11)18(20)21/h1-2,9-10,15H,3-8H2. The van der Waals surface area contributed by atoms with Gasteiger partial charge in [0.1, 0.15) is 11.9 Å². The monoisotopic (exact) mass is 291 g/mol. The highest BCUT2D eigenvalue weighted by molar-refractivity contribution is 5.80. The number of piperazine rings is 1. The predicted molar refractivity (Wildman–Crippen MR) is 76.0 cm³/mol. The lowest BCUT2D eigenvalue weighted by atomic mass is 10.0. The summed E-state index contributed by atoms with van der Waals surface area (Å²) in [7, 11) is 0. The third-order valence-corrected chi connectivity index (χ3v) is 4.04. The molecule has 3 rings (SSSR count). The van der Waals surface area contributed by atoms with Gasteiger partial charge in [0, 0.05) is 45.5 Å². The van der Waals surface area contributed by atoms with E-state index in [-0.39, 0.29) is 17.5 Å². The maximum absolute atomic E-state index is 12.1. The Labute approximate surface area is 121 Å². The fourth-order valence-corrected chi connectivity index (χ4v) is 2.68. The molecule has 0 unspecified atom stereocenters. The van der Waals surface area contributed by atoms with Gasteiger partial charge in [-0.05, 0) is 6.07 Å². The second-order valence-electron chi connectivity index (χ2n) is 5.29. The molecule has 2 aliphatic rings. The Kier molecular flexibility index (Phi) is 3.70. The summed E-state index contributed by atoms with van der Waals surface area (Å²) in [5.74, 6) is 0.296. The van der Waals surface area contributed by atoms with Crippen molar-refractivity contribution in [2.24, 2.45) is 5.92 Å². The number of hydrogen-bond donors (Lipinski definition) is 1. The third kappa shape index (κ3) is 2.66. The van der Waals surface area contributed by atoms with E-state index in [1.807, 2.05) is 9.80 Å². The Morgan fingerprint density at radius 1 is 1.33 bits per heavy atom. The Morgan fingerprint density at radius 3 is 2.62 bits per heavy atom. The highest BCUT2D eigenvalue weighted by Gasteiger charge is 2.32. The maximum Gasteiger partial charge on any atom is 0.310 e. The lowest BCUT2D eigenvalue weighted by Crippen LogP contribution is -2.56. The minimum Gasteiger partial charge on any atom is -0.362 e. The molecular formula is C13H17N5O3. The predicted octanol–water partition coefficient (Wildman–Crippen LogP) is -0.142. The van der Waals surface area contributed by atoms with Crippen molar-refractivity contribution in [2.75, 3.05) is 44.2 Å². The van der Waals surface area contributed by atoms with Gasteiger partial charge in [-0.25, -0.2) is 0 Å². The average molecular weight is 291 g/mol. The number of nitrogens with zero attached hydrogens (tertiary/aromatic N) is 4. The van der Waals surface area contributed by atoms with Gasteiger partial charge in [0.15, 0.2) is 0 Å². The minimum atomic E-state index is -0.417. The molecule has 0 atom stereocenters. The van der Waals surface area contributed by atoms with Crippen LogP contribution in [0.5, 0.6) is 0 Å². The van der Waals surface area contributed by atoms with Gasteiger partial charge >= 0.3 is 5.69 Å². The van der Waals surface area contributed by atoms with E-state index in [1.54, 1.807) is 12.3 Å². The van der Waals surface area contributed by atoms with Crippen LogP contribution in [0.4, 0.5) is 11.4 Å². The molecule has 8 heteroatoms. The highest BCUT2D eigenvalue weighted by Crippen LogP contribution is 2.27. The van der Waals surface area contributed by atoms with Crippen molar-refractivity contribution >= 4 is 17.3 Å². The molecule has 2 fully saturated rings. The summed E-state index contributed by atoms with van der Waals surface area (Å²) in [4.78, 5) is 30.4. The van der Waals surface area contributed by atoms with Crippen LogP contribution in [0.3, 0.4) is 0 Å². The number of rotatable bonds is 3. The van der Waals surface area contributed by atoms with Crippen LogP contribution in [0.15, 0.2) is 18.5 Å². The SMILES string of the molecule is O=C(C1CNC1)N1CCN(c2ccncc2[N+](=O)[O-])CC1. The lowest BCUT2D eigenvalue weighted by Gasteiger charge is -2.39. The quantitative estimate of drug-likeness (QED) is 0.615. The number of carbonyl (C=O) groups excluding carboxylic acids is 1. The van der Waals surface area contributed by atoms with Crippen molar-refractivity contribution < 1.29 is 9.72 Å². The fraction of sp³-hybridized carbons (Fsp3) is 0.538. The molecule has 1 N–H and O–H groups in total. The van der Waals surface area contributed by atoms with Crippen LogP contribution < -0.4 is 10.2 Å². The van der Waals surface area contributed by atoms with Gasteiger partial charge in [0.2, 0.25) is 5.91 Å². The van der Waals surface area contributed by atoms with E-state index in [9.17, 15) is 14.9 Å². The first kappa shape index (κ1) is 13.7. The summed E-state index contributed by atoms with van der Waals surface area (Å²) in [6.07, 6.45) is 2.83. The maximum atomic E-state index is 12.1. The van der Waals surface area contributed by atoms with Crippen LogP contribution in [0, 0.1) is 16.0 Å². The Morgan fingerprint density at radius 2 is 2.05 bits per heavy atom. The molecule has 0 saturated carbocycles. The second-order valence-corrected chi connectivity index (χ2v) is 5.29. The van der Waals surface area contributed by atoms with E-state index in [0.717, 1.165) is 13.1 Å². The van der Waals surface area contributed by atoms with Gasteiger partial charge < -0.3 is 15.1 Å². The molecule has 1 aromatic heterocycles. The zero-order valence-electron chi connectivity index (χ0n) is 11.6. The molecule has 0 bridgehead atoms. The van der Waals surface area contributed by atoms with Crippen molar-refractivity contribution in [1.29, 1.82) is 0 Å². The molecule has 1 amide bonds. The first-order valence-corrected chi connectivity index (χ1v) is 6.99. The molecule has 1 aromatic rings. The van der Waals surface area contributed by atoms with Crippen LogP contribution in [0.1, 0.15) is 0 Å². The molecule has 2 aliphatic heterocycles. The second kappa shape index (κ2) is 5.65. The highest BCUT2D eigenvalue weighted by atomic mass is 16.6. The van der Waals surface area contributed by atoms with E-state index < -0.39 is 4.92 Å². The number of hydrogen-bond acceptors (Lipinski definition) is 6. The average Bonchev–Trinajstić information content (AvgIpc) is 2.45. The smallest absolute Gasteiger partial charge is 0.310 e. The zero-order chi connectivity index (χ0) is 14.8. The number of nitrogens with one attached hydrogen (secondary N) is 1. The molecule has 0 spiro atoms. The Bertz CT molecular complexity index is 552. The molecule has 8 nitrogen and oxygen atoms in total. The summed E-state index contributed by atoms with van der Waals surface area (Å²) in [6.45, 7) is 3.95. The molecular weight excluding hydrogens is 274 g/mol. The van der Waals surface area contributed by atoms with Crippen LogP contribution >= 0.6 is 0 Å². The third-order valence-electron chi connectivity index (χ3n) is 4.04. The first-order chi connectivity index (χ1) is 10.2. The molecule has 0 aromatic carbocycles. The van der Waals surface area contributed by atoms with Gasteiger partial charge in [-0.3, -0.25) is 19.9 Å². The van der Waals surface area contributed by atoms with E-state index in [2.05, 4.69) is 10.3 Å². The van der Waals surface area contributed by atoms with E-state index in [1.165, 1.54) is 6.20 Å². The van der Waals surface area contributed by atoms with E-state index in [0.29, 0.717) is 31.9 Å². The lowest BCUT2D eigenvalue weighted by molar-refractivity contribution is -0.384. The van der Waals surface area contributed by atoms with Crippen LogP contribution in [0.2, 0.25) is 0 Å². The molecule has 112 valence electrons. The van der Waals surface area contributed by atoms with Gasteiger partial charge in [-0.1, -0.05) is 0 Å². The van der Waals surface area contributed by atoms with Crippen molar-refractivity contribution in [1.82, 2.24) is 15.2 Å². The largest absolute Gasteiger partial charge is 0.362 e. The molecule has 3 heterocycles. The van der Waals surface area contributed by atoms with Crippen molar-refractivity contribution in [3.63, 3.8) is 0 Å². The number of aromatic nitrogens is 1. The van der Waals surface area contributed by atoms with Crippen molar-refractivity contribution in [3.8, 4) is 0 Å². The van der Waals surface area contributed by atoms with Crippen LogP contribution in [0.25, 0.3) is 0 Å². The Hall–Kier alpha value is -2.22. The summed E-state index contributed by atoms with van der Waals surface area (Å²) >= 11 is 0. The number of anilines is 1. The molecule has 2 saturated heterocycles. The molecule has 0 radical (unpaired) electrons. The van der Waals surface area contributed by atoms with Crippen molar-refractivity contribution in [3.05, 3.63) is 28.6 Å². The fourth-order valence-electron chi connectivity index (χ4n) is 2.68. The summed E-state index contributed by atoms with van der Waals surface area (Å²) in [5.41, 5.74) is 0.591. The zero-order valence-corrected chi connectivity index (χ0v) is 11.6. The minimum absolute atomic E-state index is 0.0143. The Balaban J connectivity index is 1.66. The number of amides is 1. The van der Waals surface area contributed by atoms with Crippen LogP contribution in [-0.2, 0) is 4.79 Å². The number of carbonyl (C=O) groups is 1. The van der Waals surface area contributed by atoms with E-state index >= 15 is 0 Å². The van der Waals surface area contributed by atoms with E-state index in [4.69, 9.17) is 0 Å². The van der Waals surface area contributed by atoms with Gasteiger partial charge in [0.05, 0.1) is 10.8 Å². The van der Waals surface area contributed by atoms with Gasteiger partial charge in [0.25, 0.3) is 0 Å². The van der Waals surface area contributed by atoms with Crippen molar-refractivity contribution in [2.45, 2.75) is 0 Å². The molecule has 0 aliphatic carbocycles. The number of pyridine rings is 1. The number of nitro groups is 1. The summed E-state index contributed by atoms with van der Waals surface area (Å²) < 4.78 is 0. The molecule has 21 heavy (non-hydrogen) atoms. The first-order valence-electron chi connectivity index (χ1n) is 6.99. The topological polar surface area (TPSA) is 91.6 Å².